The van der Waals surface area contributed by atoms with Gasteiger partial charge in [-0.2, -0.15) is 11.8 Å². The molecule has 5 nitrogen and oxygen atoms in total. The van der Waals surface area contributed by atoms with Crippen molar-refractivity contribution >= 4 is 35.0 Å². The SMILES string of the molecule is COc1cc(N)c(Cl)cc1C(=O)OC1C[C@H]2CSC[C@@H](C1)N2C. The molecule has 1 unspecified atom stereocenters. The summed E-state index contributed by atoms with van der Waals surface area (Å²) in [5, 5.41) is 0.328. The number of anilines is 1. The van der Waals surface area contributed by atoms with Gasteiger partial charge >= 0.3 is 5.97 Å². The average Bonchev–Trinajstić information content (AvgIpc) is 2.50. The Bertz CT molecular complexity index is 599. The van der Waals surface area contributed by atoms with Crippen LogP contribution in [0.5, 0.6) is 5.75 Å². The number of nitrogens with two attached hydrogens (primary N) is 1. The summed E-state index contributed by atoms with van der Waals surface area (Å²) in [5.74, 6) is 2.18. The topological polar surface area (TPSA) is 64.8 Å². The third-order valence-corrected chi connectivity index (χ3v) is 6.22. The van der Waals surface area contributed by atoms with E-state index >= 15 is 0 Å². The number of carbonyl (C=O) groups is 1. The van der Waals surface area contributed by atoms with Crippen molar-refractivity contribution in [2.75, 3.05) is 31.4 Å². The molecule has 2 N–H and O–H groups in total. The molecule has 0 spiro atoms. The Balaban J connectivity index is 1.74. The number of benzene rings is 1. The van der Waals surface area contributed by atoms with Crippen LogP contribution in [0.3, 0.4) is 0 Å². The molecule has 0 amide bonds. The Morgan fingerprint density at radius 2 is 2.00 bits per heavy atom. The van der Waals surface area contributed by atoms with Crippen LogP contribution in [-0.4, -0.2) is 54.7 Å². The van der Waals surface area contributed by atoms with Crippen LogP contribution in [0.25, 0.3) is 0 Å². The van der Waals surface area contributed by atoms with Crippen molar-refractivity contribution in [2.45, 2.75) is 31.0 Å². The predicted molar refractivity (Wildman–Crippen MR) is 93.5 cm³/mol. The number of methoxy groups -OCH3 is 1. The lowest BCUT2D eigenvalue weighted by molar-refractivity contribution is -0.0101. The van der Waals surface area contributed by atoms with E-state index in [1.54, 1.807) is 6.07 Å². The largest absolute Gasteiger partial charge is 0.496 e. The van der Waals surface area contributed by atoms with Crippen LogP contribution in [0.4, 0.5) is 5.69 Å². The zero-order chi connectivity index (χ0) is 16.6. The van der Waals surface area contributed by atoms with E-state index in [-0.39, 0.29) is 6.10 Å². The molecule has 126 valence electrons. The van der Waals surface area contributed by atoms with Gasteiger partial charge in [0.15, 0.2) is 0 Å². The number of piperidine rings is 1. The maximum atomic E-state index is 12.5. The molecule has 7 heteroatoms. The van der Waals surface area contributed by atoms with E-state index in [2.05, 4.69) is 11.9 Å². The average molecular weight is 357 g/mol. The van der Waals surface area contributed by atoms with Crippen LogP contribution in [0.1, 0.15) is 23.2 Å². The minimum absolute atomic E-state index is 0.0596. The van der Waals surface area contributed by atoms with E-state index in [1.807, 2.05) is 11.8 Å². The molecule has 2 saturated heterocycles. The van der Waals surface area contributed by atoms with Crippen molar-refractivity contribution in [3.05, 3.63) is 22.7 Å². The normalized spacial score (nSPS) is 27.5. The number of rotatable bonds is 3. The standard InChI is InChI=1S/C16H21ClN2O3S/c1-19-9-3-11(4-10(19)8-23-7-9)22-16(20)12-5-13(17)14(18)6-15(12)21-2/h5-6,9-11H,3-4,7-8,18H2,1-2H3/t9-,10+,11?. The van der Waals surface area contributed by atoms with E-state index in [9.17, 15) is 4.79 Å². The Morgan fingerprint density at radius 1 is 1.35 bits per heavy atom. The first-order valence-electron chi connectivity index (χ1n) is 7.63. The van der Waals surface area contributed by atoms with Crippen molar-refractivity contribution in [1.29, 1.82) is 0 Å². The fraction of sp³-hybridized carbons (Fsp3) is 0.562. The van der Waals surface area contributed by atoms with Crippen LogP contribution >= 0.6 is 23.4 Å². The number of nitrogen functional groups attached to an aromatic ring is 1. The lowest BCUT2D eigenvalue weighted by Crippen LogP contribution is -2.54. The maximum Gasteiger partial charge on any atom is 0.342 e. The van der Waals surface area contributed by atoms with E-state index in [0.29, 0.717) is 34.1 Å². The van der Waals surface area contributed by atoms with Gasteiger partial charge in [0.25, 0.3) is 0 Å². The number of fused-ring (bicyclic) bond motifs is 2. The summed E-state index contributed by atoms with van der Waals surface area (Å²) in [5.41, 5.74) is 6.46. The number of halogens is 1. The fourth-order valence-electron chi connectivity index (χ4n) is 3.25. The third kappa shape index (κ3) is 3.39. The Morgan fingerprint density at radius 3 is 2.61 bits per heavy atom. The zero-order valence-electron chi connectivity index (χ0n) is 13.3. The smallest absolute Gasteiger partial charge is 0.342 e. The molecule has 2 bridgehead atoms. The van der Waals surface area contributed by atoms with Crippen LogP contribution < -0.4 is 10.5 Å². The summed E-state index contributed by atoms with van der Waals surface area (Å²) < 4.78 is 11.0. The van der Waals surface area contributed by atoms with E-state index < -0.39 is 5.97 Å². The van der Waals surface area contributed by atoms with Gasteiger partial charge in [0, 0.05) is 42.5 Å². The Hall–Kier alpha value is -1.11. The number of hydrogen-bond donors (Lipinski definition) is 1. The molecule has 0 radical (unpaired) electrons. The summed E-state index contributed by atoms with van der Waals surface area (Å²) >= 11 is 8.01. The Labute approximate surface area is 145 Å². The summed E-state index contributed by atoms with van der Waals surface area (Å²) in [4.78, 5) is 15.0. The van der Waals surface area contributed by atoms with Gasteiger partial charge in [-0.15, -0.1) is 0 Å². The van der Waals surface area contributed by atoms with E-state index in [0.717, 1.165) is 24.3 Å². The maximum absolute atomic E-state index is 12.5. The summed E-state index contributed by atoms with van der Waals surface area (Å²) in [6.07, 6.45) is 1.68. The molecule has 0 aliphatic carbocycles. The fourth-order valence-corrected chi connectivity index (χ4v) is 4.84. The van der Waals surface area contributed by atoms with Gasteiger partial charge in [-0.05, 0) is 13.1 Å². The van der Waals surface area contributed by atoms with Crippen LogP contribution in [0.2, 0.25) is 5.02 Å². The van der Waals surface area contributed by atoms with Gasteiger partial charge in [0.2, 0.25) is 0 Å². The number of nitrogens with zero attached hydrogens (tertiary/aromatic N) is 1. The molecule has 3 atom stereocenters. The molecule has 3 rings (SSSR count). The molecule has 1 aromatic rings. The van der Waals surface area contributed by atoms with E-state index in [4.69, 9.17) is 26.8 Å². The molecule has 2 fully saturated rings. The summed E-state index contributed by atoms with van der Waals surface area (Å²) in [6.45, 7) is 0. The minimum atomic E-state index is -0.399. The van der Waals surface area contributed by atoms with Crippen molar-refractivity contribution in [3.8, 4) is 5.75 Å². The second-order valence-electron chi connectivity index (χ2n) is 6.08. The molecule has 2 aliphatic heterocycles. The second-order valence-corrected chi connectivity index (χ2v) is 7.57. The van der Waals surface area contributed by atoms with Crippen molar-refractivity contribution < 1.29 is 14.3 Å². The number of thioether (sulfide) groups is 1. The lowest BCUT2D eigenvalue weighted by Gasteiger charge is -2.46. The molecule has 23 heavy (non-hydrogen) atoms. The lowest BCUT2D eigenvalue weighted by atomic mass is 9.95. The first-order chi connectivity index (χ1) is 11.0. The molecule has 1 aromatic carbocycles. The van der Waals surface area contributed by atoms with Gasteiger partial charge < -0.3 is 15.2 Å². The molecule has 2 aliphatic rings. The highest BCUT2D eigenvalue weighted by Crippen LogP contribution is 2.34. The summed E-state index contributed by atoms with van der Waals surface area (Å²) in [7, 11) is 3.66. The first-order valence-corrected chi connectivity index (χ1v) is 9.16. The highest BCUT2D eigenvalue weighted by Gasteiger charge is 2.38. The van der Waals surface area contributed by atoms with Crippen molar-refractivity contribution in [1.82, 2.24) is 4.90 Å². The predicted octanol–water partition coefficient (Wildman–Crippen LogP) is 2.67. The van der Waals surface area contributed by atoms with Crippen molar-refractivity contribution in [2.24, 2.45) is 0 Å². The number of ether oxygens (including phenoxy) is 2. The molecule has 0 saturated carbocycles. The van der Waals surface area contributed by atoms with Gasteiger partial charge in [0.05, 0.1) is 17.8 Å². The zero-order valence-corrected chi connectivity index (χ0v) is 14.8. The van der Waals surface area contributed by atoms with Gasteiger partial charge in [0.1, 0.15) is 17.4 Å². The third-order valence-electron chi connectivity index (χ3n) is 4.65. The molecule has 2 heterocycles. The monoisotopic (exact) mass is 356 g/mol. The van der Waals surface area contributed by atoms with Crippen LogP contribution in [-0.2, 0) is 4.74 Å². The number of hydrogen-bond acceptors (Lipinski definition) is 6. The van der Waals surface area contributed by atoms with Crippen LogP contribution in [0, 0.1) is 0 Å². The summed E-state index contributed by atoms with van der Waals surface area (Å²) in [6, 6.07) is 4.02. The highest BCUT2D eigenvalue weighted by atomic mass is 35.5. The second kappa shape index (κ2) is 6.79. The molecule has 0 aromatic heterocycles. The first kappa shape index (κ1) is 16.7. The Kier molecular flexibility index (Phi) is 4.94. The van der Waals surface area contributed by atoms with Gasteiger partial charge in [-0.3, -0.25) is 4.90 Å². The highest BCUT2D eigenvalue weighted by molar-refractivity contribution is 7.99. The van der Waals surface area contributed by atoms with Gasteiger partial charge in [-0.25, -0.2) is 4.79 Å². The van der Waals surface area contributed by atoms with E-state index in [1.165, 1.54) is 13.2 Å². The van der Waals surface area contributed by atoms with Gasteiger partial charge in [-0.1, -0.05) is 11.6 Å². The quantitative estimate of drug-likeness (QED) is 0.663. The number of esters is 1. The van der Waals surface area contributed by atoms with Crippen LogP contribution in [0.15, 0.2) is 12.1 Å². The molecular formula is C16H21ClN2O3S. The van der Waals surface area contributed by atoms with Crippen molar-refractivity contribution in [3.63, 3.8) is 0 Å². The minimum Gasteiger partial charge on any atom is -0.496 e. The number of carbonyl (C=O) groups excluding carboxylic acids is 1. The molecular weight excluding hydrogens is 336 g/mol.